The van der Waals surface area contributed by atoms with E-state index in [2.05, 4.69) is 51.3 Å². The zero-order valence-corrected chi connectivity index (χ0v) is 65.5. The first-order valence-corrected chi connectivity index (χ1v) is 37.4. The van der Waals surface area contributed by atoms with E-state index in [0.29, 0.717) is 29.2 Å². The number of aromatic nitrogens is 15. The largest absolute Gasteiger partial charge is 0.496 e. The highest BCUT2D eigenvalue weighted by molar-refractivity contribution is 6.64. The molecule has 0 bridgehead atoms. The van der Waals surface area contributed by atoms with Gasteiger partial charge in [0.15, 0.2) is 16.9 Å². The summed E-state index contributed by atoms with van der Waals surface area (Å²) in [5.41, 5.74) is 15.6. The minimum atomic E-state index is -0.687. The summed E-state index contributed by atoms with van der Waals surface area (Å²) < 4.78 is 42.7. The number of fused-ring (bicyclic) bond motifs is 3. The number of aliphatic hydroxyl groups is 2. The number of aliphatic hydroxyl groups excluding tert-OH is 2. The molecule has 3 atom stereocenters. The fourth-order valence-electron chi connectivity index (χ4n) is 13.8. The van der Waals surface area contributed by atoms with E-state index in [-0.39, 0.29) is 51.4 Å². The van der Waals surface area contributed by atoms with Gasteiger partial charge in [0.1, 0.15) is 53.5 Å². The van der Waals surface area contributed by atoms with Crippen molar-refractivity contribution in [1.82, 2.24) is 78.5 Å². The van der Waals surface area contributed by atoms with E-state index in [0.717, 1.165) is 171 Å². The smallest absolute Gasteiger partial charge is 0.317 e. The van der Waals surface area contributed by atoms with Crippen LogP contribution in [0, 0.1) is 41.5 Å². The van der Waals surface area contributed by atoms with E-state index >= 15 is 0 Å². The second-order valence-corrected chi connectivity index (χ2v) is 27.3. The van der Waals surface area contributed by atoms with Crippen LogP contribution in [0.25, 0.3) is 67.4 Å². The molecule has 15 rings (SSSR count). The molecule has 0 amide bonds. The molecule has 3 aliphatic rings. The number of nitrogens with one attached hydrogen (secondary N) is 1. The van der Waals surface area contributed by atoms with Gasteiger partial charge in [0.05, 0.1) is 111 Å². The molecule has 0 radical (unpaired) electrons. The van der Waals surface area contributed by atoms with E-state index in [4.69, 9.17) is 72.2 Å². The summed E-state index contributed by atoms with van der Waals surface area (Å²) in [6, 6.07) is 29.9. The maximum atomic E-state index is 12.2. The maximum Gasteiger partial charge on any atom is 0.317 e. The summed E-state index contributed by atoms with van der Waals surface area (Å²) >= 11 is 11.2. The molecule has 584 valence electrons. The Morgan fingerprint density at radius 2 is 0.910 bits per heavy atom. The molecule has 3 aromatic carbocycles. The number of methoxy groups -OCH3 is 3. The lowest BCUT2D eigenvalue weighted by molar-refractivity contribution is -0.154. The van der Waals surface area contributed by atoms with Gasteiger partial charge in [0.2, 0.25) is 5.24 Å². The molecule has 3 saturated heterocycles. The first-order chi connectivity index (χ1) is 53.7. The molecule has 3 fully saturated rings. The minimum Gasteiger partial charge on any atom is -0.496 e. The standard InChI is InChI=1S/C28H32N6O5.C23H26N6O2.C18H16ClN5O.C5H7ClO3.C5H11NO/c1-5-38-25(35)16-26(36)39-17-21-8-6-12-32(21)24-14-18(2)30-28-27(19(3)31-34(24)28)22-10-9-20(15-23(22)37-4)33-13-7-11-29-33;1-15-12-21(27-10-4-6-18(27)14-30)29-23(25-15)22(16(2)26-29)19-8-7-17(13-20(19)31-3)28-11-5-9-24-28;1-11-9-16(19)24-18(21-11)17(12(2)22-24)14-6-5-13(10-15(14)25-3)23-8-4-7-20-23;1-2-9-5(8)3-4(6)7;7-4-5-2-1-3-6-5/h7,9-11,13-15,21H,5-6,8,12,16-17H2,1-4H3;5,7-9,11-13,18,30H,4,6,10,14H2,1-3H3;4-10H,1-3H3;2-3H2,1H3;5-7H,1-4H2/t21-;18-;;;5-/m00..0/s1. The minimum absolute atomic E-state index is 0.0445. The molecule has 30 nitrogen and oxygen atoms in total. The van der Waals surface area contributed by atoms with Crippen molar-refractivity contribution in [3.8, 4) is 67.7 Å². The summed E-state index contributed by atoms with van der Waals surface area (Å²) in [4.78, 5) is 62.9. The van der Waals surface area contributed by atoms with Crippen LogP contribution in [0.3, 0.4) is 0 Å². The van der Waals surface area contributed by atoms with Gasteiger partial charge in [-0.2, -0.15) is 39.6 Å². The Bertz CT molecular complexity index is 5190. The number of esters is 3. The van der Waals surface area contributed by atoms with Gasteiger partial charge in [-0.15, -0.1) is 0 Å². The highest BCUT2D eigenvalue weighted by atomic mass is 35.5. The number of rotatable bonds is 21. The number of carbonyl (C=O) groups excluding carboxylic acids is 4. The van der Waals surface area contributed by atoms with Crippen molar-refractivity contribution >= 4 is 74.9 Å². The van der Waals surface area contributed by atoms with Crippen molar-refractivity contribution in [3.63, 3.8) is 0 Å². The van der Waals surface area contributed by atoms with Crippen molar-refractivity contribution in [2.75, 3.05) is 83.8 Å². The third kappa shape index (κ3) is 18.9. The van der Waals surface area contributed by atoms with Crippen molar-refractivity contribution < 1.29 is 57.8 Å². The number of anilines is 2. The van der Waals surface area contributed by atoms with Crippen LogP contribution in [-0.4, -0.2) is 199 Å². The van der Waals surface area contributed by atoms with Gasteiger partial charge in [-0.25, -0.2) is 33.5 Å². The Morgan fingerprint density at radius 3 is 1.29 bits per heavy atom. The first-order valence-electron chi connectivity index (χ1n) is 36.6. The normalized spacial score (nSPS) is 15.1. The second kappa shape index (κ2) is 37.4. The maximum absolute atomic E-state index is 12.2. The van der Waals surface area contributed by atoms with Gasteiger partial charge in [-0.1, -0.05) is 11.6 Å². The van der Waals surface area contributed by atoms with E-state index in [1.807, 2.05) is 148 Å². The first kappa shape index (κ1) is 80.7. The molecule has 12 heterocycles. The number of halogens is 2. The van der Waals surface area contributed by atoms with Crippen LogP contribution in [0.5, 0.6) is 17.2 Å². The Hall–Kier alpha value is -11.3. The highest BCUT2D eigenvalue weighted by Gasteiger charge is 2.32. The number of hydrogen-bond acceptors (Lipinski definition) is 24. The zero-order chi connectivity index (χ0) is 79.0. The third-order valence-corrected chi connectivity index (χ3v) is 19.2. The lowest BCUT2D eigenvalue weighted by Gasteiger charge is -2.27. The Labute approximate surface area is 651 Å². The van der Waals surface area contributed by atoms with Gasteiger partial charge in [0.25, 0.3) is 0 Å². The average molecular weight is 1560 g/mol. The lowest BCUT2D eigenvalue weighted by atomic mass is 10.0. The highest BCUT2D eigenvalue weighted by Crippen LogP contribution is 2.42. The molecular formula is C79H92Cl2N18O12. The molecule has 0 saturated carbocycles. The Morgan fingerprint density at radius 1 is 0.505 bits per heavy atom. The number of carbonyl (C=O) groups is 4. The number of ether oxygens (including phenoxy) is 6. The van der Waals surface area contributed by atoms with Gasteiger partial charge in [-0.05, 0) is 173 Å². The molecule has 3 aliphatic heterocycles. The van der Waals surface area contributed by atoms with Crippen molar-refractivity contribution in [2.24, 2.45) is 0 Å². The molecule has 12 aromatic rings. The summed E-state index contributed by atoms with van der Waals surface area (Å²) in [7, 11) is 4.97. The van der Waals surface area contributed by atoms with Gasteiger partial charge < -0.3 is 53.8 Å². The Balaban J connectivity index is 0.000000152. The number of benzene rings is 3. The SMILES string of the molecule is CCOC(=O)CC(=O)Cl.CCOC(=O)CC(=O)OC[C@@H]1CCCN1c1cc(C)nc2c(-c3ccc(-n4cccn4)cc3OC)c(C)nn12.COc1cc(-n2cccn2)ccc1-c1c(C)nn2c(Cl)cc(C)nc12.COc1cc(-n2cccn2)ccc1-c1c(C)nn2c(N3CCC[C@H]3CO)cc(C)nc12.OC[C@@H]1CCCN1. The molecule has 3 N–H and O–H groups in total. The van der Waals surface area contributed by atoms with Crippen LogP contribution < -0.4 is 29.3 Å². The third-order valence-electron chi connectivity index (χ3n) is 18.8. The van der Waals surface area contributed by atoms with Crippen LogP contribution in [0.1, 0.15) is 99.4 Å². The van der Waals surface area contributed by atoms with Crippen molar-refractivity contribution in [3.05, 3.63) is 167 Å². The molecule has 111 heavy (non-hydrogen) atoms. The van der Waals surface area contributed by atoms with Gasteiger partial charge in [-0.3, -0.25) is 19.2 Å². The summed E-state index contributed by atoms with van der Waals surface area (Å²) in [6.45, 7) is 19.0. The molecule has 9 aromatic heterocycles. The average Bonchev–Trinajstić information content (AvgIpc) is 1.63. The van der Waals surface area contributed by atoms with Gasteiger partial charge >= 0.3 is 17.9 Å². The van der Waals surface area contributed by atoms with E-state index in [1.165, 1.54) is 6.42 Å². The molecule has 0 unspecified atom stereocenters. The fraction of sp³-hybridized carbons (Fsp3) is 0.380. The number of hydrogen-bond donors (Lipinski definition) is 3. The van der Waals surface area contributed by atoms with E-state index in [1.54, 1.807) is 78.4 Å². The molecule has 0 spiro atoms. The quantitative estimate of drug-likeness (QED) is 0.0198. The van der Waals surface area contributed by atoms with Crippen LogP contribution in [0.4, 0.5) is 11.6 Å². The van der Waals surface area contributed by atoms with Crippen LogP contribution in [0.15, 0.2) is 128 Å². The van der Waals surface area contributed by atoms with Gasteiger partial charge in [0, 0.05) is 120 Å². The van der Waals surface area contributed by atoms with E-state index in [9.17, 15) is 24.3 Å². The predicted octanol–water partition coefficient (Wildman–Crippen LogP) is 11.1. The molecule has 32 heteroatoms. The van der Waals surface area contributed by atoms with Crippen molar-refractivity contribution in [2.45, 2.75) is 125 Å². The Kier molecular flexibility index (Phi) is 27.2. The predicted molar refractivity (Wildman–Crippen MR) is 420 cm³/mol. The number of aryl methyl sites for hydroxylation is 6. The van der Waals surface area contributed by atoms with Crippen LogP contribution >= 0.6 is 23.2 Å². The van der Waals surface area contributed by atoms with Crippen LogP contribution in [0.2, 0.25) is 5.15 Å². The summed E-state index contributed by atoms with van der Waals surface area (Å²) in [6.07, 6.45) is 16.4. The monoisotopic (exact) mass is 1550 g/mol. The molecule has 0 aliphatic carbocycles. The number of nitrogens with zero attached hydrogens (tertiary/aromatic N) is 17. The van der Waals surface area contributed by atoms with Crippen molar-refractivity contribution in [1.29, 1.82) is 0 Å². The fourth-order valence-corrected chi connectivity index (χ4v) is 14.2. The lowest BCUT2D eigenvalue weighted by Crippen LogP contribution is -2.35. The zero-order valence-electron chi connectivity index (χ0n) is 64.0. The van der Waals surface area contributed by atoms with E-state index < -0.39 is 23.2 Å². The second-order valence-electron chi connectivity index (χ2n) is 26.5. The summed E-state index contributed by atoms with van der Waals surface area (Å²) in [5.74, 6) is 2.28. The van der Waals surface area contributed by atoms with Crippen LogP contribution in [-0.2, 0) is 33.4 Å². The topological polar surface area (TPSA) is 327 Å². The molecular weight excluding hydrogens is 1460 g/mol. The summed E-state index contributed by atoms with van der Waals surface area (Å²) in [5, 5.41) is 48.5.